The molecule has 2 heterocycles. The molecular formula is C18H24N2O2. The highest BCUT2D eigenvalue weighted by atomic mass is 16.3. The van der Waals surface area contributed by atoms with Crippen LogP contribution in [0.5, 0.6) is 0 Å². The number of likely N-dealkylation sites (N-methyl/N-ethyl adjacent to an activating group) is 1. The van der Waals surface area contributed by atoms with E-state index in [2.05, 4.69) is 29.2 Å². The van der Waals surface area contributed by atoms with Gasteiger partial charge in [0.15, 0.2) is 0 Å². The fraction of sp³-hybridized carbons (Fsp3) is 0.556. The predicted octanol–water partition coefficient (Wildman–Crippen LogP) is 2.00. The summed E-state index contributed by atoms with van der Waals surface area (Å²) in [6, 6.07) is 6.18. The van der Waals surface area contributed by atoms with Gasteiger partial charge in [-0.25, -0.2) is 0 Å². The maximum Gasteiger partial charge on any atom is 0.106 e. The van der Waals surface area contributed by atoms with Crippen LogP contribution in [0.4, 0.5) is 0 Å². The maximum atomic E-state index is 11.6. The Labute approximate surface area is 130 Å². The van der Waals surface area contributed by atoms with Crippen molar-refractivity contribution < 1.29 is 10.2 Å². The number of hydrogen-bond donors (Lipinski definition) is 3. The van der Waals surface area contributed by atoms with Crippen LogP contribution < -0.4 is 0 Å². The highest BCUT2D eigenvalue weighted by Gasteiger charge is 2.52. The average Bonchev–Trinajstić information content (AvgIpc) is 2.84. The van der Waals surface area contributed by atoms with Crippen LogP contribution in [0.3, 0.4) is 0 Å². The predicted molar refractivity (Wildman–Crippen MR) is 86.7 cm³/mol. The Morgan fingerprint density at radius 1 is 1.36 bits per heavy atom. The standard InChI is InChI=1S/C18H24N2O2/c1-17(2,21)12-8-18(22)13-5-4-6-14-16(13)11(9-19-14)7-15(18)20(3)10-12/h4-6,9,12,15,19,21-22H,7-8,10H2,1-3H3/t12?,15-,18+/m1/s1. The number of rotatable bonds is 1. The van der Waals surface area contributed by atoms with Crippen molar-refractivity contribution in [3.63, 3.8) is 0 Å². The quantitative estimate of drug-likeness (QED) is 0.755. The zero-order chi connectivity index (χ0) is 15.7. The average molecular weight is 300 g/mol. The molecule has 0 amide bonds. The van der Waals surface area contributed by atoms with E-state index in [9.17, 15) is 10.2 Å². The molecule has 0 spiro atoms. The van der Waals surface area contributed by atoms with E-state index in [1.165, 1.54) is 10.9 Å². The monoisotopic (exact) mass is 300 g/mol. The first kappa shape index (κ1) is 14.2. The molecule has 2 aliphatic rings. The minimum Gasteiger partial charge on any atom is -0.390 e. The summed E-state index contributed by atoms with van der Waals surface area (Å²) in [5, 5.41) is 23.3. The summed E-state index contributed by atoms with van der Waals surface area (Å²) in [7, 11) is 2.06. The molecule has 0 radical (unpaired) electrons. The molecule has 0 bridgehead atoms. The Kier molecular flexibility index (Phi) is 2.81. The summed E-state index contributed by atoms with van der Waals surface area (Å²) in [6.45, 7) is 4.51. The molecule has 1 aromatic heterocycles. The lowest BCUT2D eigenvalue weighted by molar-refractivity contribution is -0.136. The molecule has 1 saturated heterocycles. The molecule has 3 N–H and O–H groups in total. The van der Waals surface area contributed by atoms with Gasteiger partial charge >= 0.3 is 0 Å². The number of aromatic amines is 1. The van der Waals surface area contributed by atoms with Crippen LogP contribution in [0.1, 0.15) is 31.4 Å². The Hall–Kier alpha value is -1.36. The van der Waals surface area contributed by atoms with Gasteiger partial charge in [0.1, 0.15) is 5.60 Å². The van der Waals surface area contributed by atoms with E-state index in [1.54, 1.807) is 0 Å². The van der Waals surface area contributed by atoms with Crippen molar-refractivity contribution in [1.82, 2.24) is 9.88 Å². The number of piperidine rings is 1. The van der Waals surface area contributed by atoms with Crippen molar-refractivity contribution in [2.24, 2.45) is 5.92 Å². The van der Waals surface area contributed by atoms with Crippen LogP contribution in [0, 0.1) is 5.92 Å². The summed E-state index contributed by atoms with van der Waals surface area (Å²) in [5.41, 5.74) is 1.70. The summed E-state index contributed by atoms with van der Waals surface area (Å²) < 4.78 is 0. The summed E-state index contributed by atoms with van der Waals surface area (Å²) in [5.74, 6) is 0.0505. The molecule has 1 fully saturated rings. The molecule has 4 nitrogen and oxygen atoms in total. The number of nitrogens with one attached hydrogen (secondary N) is 1. The maximum absolute atomic E-state index is 11.6. The Morgan fingerprint density at radius 3 is 2.86 bits per heavy atom. The molecular weight excluding hydrogens is 276 g/mol. The second-order valence-electron chi connectivity index (χ2n) is 7.68. The third kappa shape index (κ3) is 1.81. The smallest absolute Gasteiger partial charge is 0.106 e. The van der Waals surface area contributed by atoms with Gasteiger partial charge in [0.05, 0.1) is 5.60 Å². The van der Waals surface area contributed by atoms with Gasteiger partial charge < -0.3 is 15.2 Å². The van der Waals surface area contributed by atoms with Crippen LogP contribution >= 0.6 is 0 Å². The van der Waals surface area contributed by atoms with Crippen LogP contribution in [0.25, 0.3) is 10.9 Å². The lowest BCUT2D eigenvalue weighted by Crippen LogP contribution is -2.61. The van der Waals surface area contributed by atoms with Crippen molar-refractivity contribution in [3.8, 4) is 0 Å². The largest absolute Gasteiger partial charge is 0.390 e. The summed E-state index contributed by atoms with van der Waals surface area (Å²) in [4.78, 5) is 5.55. The van der Waals surface area contributed by atoms with Crippen molar-refractivity contribution in [1.29, 1.82) is 0 Å². The van der Waals surface area contributed by atoms with E-state index in [4.69, 9.17) is 0 Å². The first-order chi connectivity index (χ1) is 10.3. The van der Waals surface area contributed by atoms with Gasteiger partial charge in [-0.2, -0.15) is 0 Å². The first-order valence-electron chi connectivity index (χ1n) is 8.05. The van der Waals surface area contributed by atoms with E-state index in [1.807, 2.05) is 26.0 Å². The van der Waals surface area contributed by atoms with Crippen LogP contribution in [0.15, 0.2) is 24.4 Å². The number of hydrogen-bond acceptors (Lipinski definition) is 3. The molecule has 4 rings (SSSR count). The van der Waals surface area contributed by atoms with Gasteiger partial charge in [0.2, 0.25) is 0 Å². The van der Waals surface area contributed by atoms with Gasteiger partial charge in [-0.3, -0.25) is 4.90 Å². The number of aliphatic hydroxyl groups is 2. The zero-order valence-electron chi connectivity index (χ0n) is 13.4. The molecule has 1 unspecified atom stereocenters. The Morgan fingerprint density at radius 2 is 2.14 bits per heavy atom. The lowest BCUT2D eigenvalue weighted by Gasteiger charge is -2.53. The fourth-order valence-electron chi connectivity index (χ4n) is 4.49. The third-order valence-electron chi connectivity index (χ3n) is 5.82. The van der Waals surface area contributed by atoms with Gasteiger partial charge in [-0.15, -0.1) is 0 Å². The minimum atomic E-state index is -0.896. The highest BCUT2D eigenvalue weighted by molar-refractivity contribution is 5.88. The van der Waals surface area contributed by atoms with E-state index in [0.29, 0.717) is 6.42 Å². The second kappa shape index (κ2) is 4.34. The van der Waals surface area contributed by atoms with Gasteiger partial charge in [-0.05, 0) is 50.9 Å². The molecule has 3 atom stereocenters. The SMILES string of the molecule is CN1CC(C(C)(C)O)C[C@]2(O)c3cccc4[nH]cc(c34)C[C@@H]12. The van der Waals surface area contributed by atoms with Crippen molar-refractivity contribution in [2.45, 2.75) is 43.9 Å². The van der Waals surface area contributed by atoms with Crippen molar-refractivity contribution in [3.05, 3.63) is 35.5 Å². The highest BCUT2D eigenvalue weighted by Crippen LogP contribution is 2.48. The van der Waals surface area contributed by atoms with E-state index in [0.717, 1.165) is 24.0 Å². The van der Waals surface area contributed by atoms with Crippen molar-refractivity contribution >= 4 is 10.9 Å². The van der Waals surface area contributed by atoms with Crippen LogP contribution in [0.2, 0.25) is 0 Å². The van der Waals surface area contributed by atoms with Crippen LogP contribution in [-0.4, -0.2) is 45.3 Å². The molecule has 4 heteroatoms. The Balaban J connectivity index is 1.89. The second-order valence-corrected chi connectivity index (χ2v) is 7.68. The van der Waals surface area contributed by atoms with Gasteiger partial charge in [0, 0.05) is 35.6 Å². The fourth-order valence-corrected chi connectivity index (χ4v) is 4.49. The minimum absolute atomic E-state index is 0.0505. The molecule has 1 aliphatic carbocycles. The lowest BCUT2D eigenvalue weighted by atomic mass is 9.66. The van der Waals surface area contributed by atoms with Gasteiger partial charge in [-0.1, -0.05) is 12.1 Å². The number of likely N-dealkylation sites (tertiary alicyclic amines) is 1. The van der Waals surface area contributed by atoms with E-state index >= 15 is 0 Å². The Bertz CT molecular complexity index is 730. The summed E-state index contributed by atoms with van der Waals surface area (Å²) >= 11 is 0. The van der Waals surface area contributed by atoms with Crippen molar-refractivity contribution in [2.75, 3.05) is 13.6 Å². The van der Waals surface area contributed by atoms with Gasteiger partial charge in [0.25, 0.3) is 0 Å². The third-order valence-corrected chi connectivity index (χ3v) is 5.82. The number of nitrogens with zero attached hydrogens (tertiary/aromatic N) is 1. The summed E-state index contributed by atoms with van der Waals surface area (Å²) in [6.07, 6.45) is 3.53. The number of fused-ring (bicyclic) bond motifs is 2. The normalized spacial score (nSPS) is 32.2. The molecule has 0 saturated carbocycles. The topological polar surface area (TPSA) is 59.5 Å². The number of aromatic nitrogens is 1. The van der Waals surface area contributed by atoms with E-state index < -0.39 is 11.2 Å². The molecule has 22 heavy (non-hydrogen) atoms. The van der Waals surface area contributed by atoms with Crippen LogP contribution in [-0.2, 0) is 12.0 Å². The molecule has 118 valence electrons. The van der Waals surface area contributed by atoms with E-state index in [-0.39, 0.29) is 12.0 Å². The molecule has 1 aromatic carbocycles. The first-order valence-corrected chi connectivity index (χ1v) is 8.05. The molecule has 2 aromatic rings. The number of benzene rings is 1. The zero-order valence-corrected chi connectivity index (χ0v) is 13.4. The molecule has 1 aliphatic heterocycles. The number of H-pyrrole nitrogens is 1.